The molecule has 0 bridgehead atoms. The van der Waals surface area contributed by atoms with E-state index in [1.54, 1.807) is 0 Å². The maximum atomic E-state index is 10.1. The number of phenols is 1. The Hall–Kier alpha value is -1.31. The molecular weight excluding hydrogens is 212 g/mol. The second kappa shape index (κ2) is 7.10. The molecule has 0 radical (unpaired) electrons. The number of aromatic hydroxyl groups is 1. The maximum absolute atomic E-state index is 10.1. The molecule has 0 aliphatic heterocycles. The molecule has 0 aromatic heterocycles. The van der Waals surface area contributed by atoms with Crippen LogP contribution in [0, 0.1) is 27.7 Å². The SMILES string of the molecule is C=O.CCCCc1c(C)c(C)c(C)c(C)c1O. The number of hydrogen-bond acceptors (Lipinski definition) is 2. The van der Waals surface area contributed by atoms with Crippen molar-refractivity contribution < 1.29 is 9.90 Å². The van der Waals surface area contributed by atoms with E-state index >= 15 is 0 Å². The van der Waals surface area contributed by atoms with Crippen LogP contribution in [0.5, 0.6) is 5.75 Å². The zero-order chi connectivity index (χ0) is 13.6. The van der Waals surface area contributed by atoms with Crippen LogP contribution in [0.2, 0.25) is 0 Å². The van der Waals surface area contributed by atoms with Crippen LogP contribution < -0.4 is 0 Å². The highest BCUT2D eigenvalue weighted by Gasteiger charge is 2.13. The first-order chi connectivity index (χ1) is 8.00. The van der Waals surface area contributed by atoms with Gasteiger partial charge in [-0.1, -0.05) is 13.3 Å². The third-order valence-corrected chi connectivity index (χ3v) is 3.56. The lowest BCUT2D eigenvalue weighted by atomic mass is 9.91. The predicted octanol–water partition coefficient (Wildman–Crippen LogP) is 3.78. The van der Waals surface area contributed by atoms with Gasteiger partial charge < -0.3 is 9.90 Å². The number of rotatable bonds is 3. The third-order valence-electron chi connectivity index (χ3n) is 3.56. The quantitative estimate of drug-likeness (QED) is 0.867. The fourth-order valence-corrected chi connectivity index (χ4v) is 2.03. The first-order valence-electron chi connectivity index (χ1n) is 6.07. The van der Waals surface area contributed by atoms with E-state index < -0.39 is 0 Å². The zero-order valence-electron chi connectivity index (χ0n) is 11.7. The zero-order valence-corrected chi connectivity index (χ0v) is 11.7. The lowest BCUT2D eigenvalue weighted by Gasteiger charge is -2.16. The molecule has 96 valence electrons. The minimum Gasteiger partial charge on any atom is -0.507 e. The highest BCUT2D eigenvalue weighted by Crippen LogP contribution is 2.32. The van der Waals surface area contributed by atoms with Crippen molar-refractivity contribution >= 4 is 6.79 Å². The van der Waals surface area contributed by atoms with Crippen molar-refractivity contribution in [1.82, 2.24) is 0 Å². The monoisotopic (exact) mass is 236 g/mol. The van der Waals surface area contributed by atoms with Gasteiger partial charge in [-0.15, -0.1) is 0 Å². The first-order valence-corrected chi connectivity index (χ1v) is 6.07. The van der Waals surface area contributed by atoms with E-state index in [4.69, 9.17) is 4.79 Å². The van der Waals surface area contributed by atoms with Crippen LogP contribution in [0.3, 0.4) is 0 Å². The molecule has 1 N–H and O–H groups in total. The average Bonchev–Trinajstić information content (AvgIpc) is 2.36. The Morgan fingerprint density at radius 3 is 1.88 bits per heavy atom. The van der Waals surface area contributed by atoms with Crippen molar-refractivity contribution in [3.05, 3.63) is 27.8 Å². The van der Waals surface area contributed by atoms with E-state index in [2.05, 4.69) is 27.7 Å². The van der Waals surface area contributed by atoms with Crippen LogP contribution in [0.15, 0.2) is 0 Å². The van der Waals surface area contributed by atoms with Crippen LogP contribution in [0.25, 0.3) is 0 Å². The van der Waals surface area contributed by atoms with Gasteiger partial charge in [0.15, 0.2) is 0 Å². The maximum Gasteiger partial charge on any atom is 0.122 e. The van der Waals surface area contributed by atoms with Crippen molar-refractivity contribution in [2.75, 3.05) is 0 Å². The minimum absolute atomic E-state index is 0.518. The number of phenolic OH excluding ortho intramolecular Hbond substituents is 1. The van der Waals surface area contributed by atoms with Crippen LogP contribution in [-0.2, 0) is 11.2 Å². The molecular formula is C15H24O2. The second-order valence-corrected chi connectivity index (χ2v) is 4.43. The van der Waals surface area contributed by atoms with Gasteiger partial charge in [0.05, 0.1) is 0 Å². The Bertz CT molecular complexity index is 352. The molecule has 0 amide bonds. The number of carbonyl (C=O) groups is 1. The minimum atomic E-state index is 0.518. The van der Waals surface area contributed by atoms with Crippen LogP contribution in [-0.4, -0.2) is 11.9 Å². The van der Waals surface area contributed by atoms with Crippen LogP contribution in [0.1, 0.15) is 47.6 Å². The highest BCUT2D eigenvalue weighted by atomic mass is 16.3. The van der Waals surface area contributed by atoms with Crippen molar-refractivity contribution in [1.29, 1.82) is 0 Å². The van der Waals surface area contributed by atoms with Crippen molar-refractivity contribution in [3.8, 4) is 5.75 Å². The summed E-state index contributed by atoms with van der Waals surface area (Å²) in [6.07, 6.45) is 3.32. The molecule has 2 nitrogen and oxygen atoms in total. The Balaban J connectivity index is 0.00000121. The van der Waals surface area contributed by atoms with Crippen molar-refractivity contribution in [3.63, 3.8) is 0 Å². The van der Waals surface area contributed by atoms with Gasteiger partial charge in [0, 0.05) is 0 Å². The predicted molar refractivity (Wildman–Crippen MR) is 72.8 cm³/mol. The molecule has 0 unspecified atom stereocenters. The third kappa shape index (κ3) is 3.32. The molecule has 1 rings (SSSR count). The van der Waals surface area contributed by atoms with Crippen molar-refractivity contribution in [2.24, 2.45) is 0 Å². The normalized spacial score (nSPS) is 9.71. The molecule has 2 heteroatoms. The summed E-state index contributed by atoms with van der Waals surface area (Å²) in [7, 11) is 0. The van der Waals surface area contributed by atoms with Crippen LogP contribution >= 0.6 is 0 Å². The van der Waals surface area contributed by atoms with Crippen LogP contribution in [0.4, 0.5) is 0 Å². The molecule has 0 saturated heterocycles. The van der Waals surface area contributed by atoms with Crippen molar-refractivity contribution in [2.45, 2.75) is 53.9 Å². The summed E-state index contributed by atoms with van der Waals surface area (Å²) < 4.78 is 0. The molecule has 0 heterocycles. The summed E-state index contributed by atoms with van der Waals surface area (Å²) in [4.78, 5) is 8.00. The number of hydrogen-bond donors (Lipinski definition) is 1. The number of carbonyl (C=O) groups excluding carboxylic acids is 1. The van der Waals surface area contributed by atoms with Gasteiger partial charge in [-0.3, -0.25) is 0 Å². The highest BCUT2D eigenvalue weighted by molar-refractivity contribution is 5.53. The summed E-state index contributed by atoms with van der Waals surface area (Å²) in [6, 6.07) is 0. The van der Waals surface area contributed by atoms with E-state index in [9.17, 15) is 5.11 Å². The van der Waals surface area contributed by atoms with E-state index in [0.717, 1.165) is 24.0 Å². The van der Waals surface area contributed by atoms with E-state index in [0.29, 0.717) is 5.75 Å². The molecule has 0 aliphatic rings. The first kappa shape index (κ1) is 15.7. The molecule has 0 atom stereocenters. The van der Waals surface area contributed by atoms with E-state index in [1.807, 2.05) is 13.7 Å². The molecule has 0 fully saturated rings. The van der Waals surface area contributed by atoms with Gasteiger partial charge in [0.25, 0.3) is 0 Å². The summed E-state index contributed by atoms with van der Waals surface area (Å²) in [5.41, 5.74) is 6.02. The van der Waals surface area contributed by atoms with Gasteiger partial charge >= 0.3 is 0 Å². The van der Waals surface area contributed by atoms with Gasteiger partial charge in [-0.05, 0) is 68.4 Å². The Kier molecular flexibility index (Phi) is 6.55. The molecule has 1 aromatic rings. The van der Waals surface area contributed by atoms with Gasteiger partial charge in [-0.25, -0.2) is 0 Å². The number of benzene rings is 1. The summed E-state index contributed by atoms with van der Waals surface area (Å²) in [5.74, 6) is 0.518. The molecule has 0 aliphatic carbocycles. The Morgan fingerprint density at radius 2 is 1.41 bits per heavy atom. The Labute approximate surface area is 105 Å². The largest absolute Gasteiger partial charge is 0.507 e. The summed E-state index contributed by atoms with van der Waals surface area (Å²) >= 11 is 0. The molecule has 0 saturated carbocycles. The Morgan fingerprint density at radius 1 is 0.941 bits per heavy atom. The lowest BCUT2D eigenvalue weighted by Crippen LogP contribution is -1.99. The topological polar surface area (TPSA) is 37.3 Å². The molecule has 0 spiro atoms. The average molecular weight is 236 g/mol. The fourth-order valence-electron chi connectivity index (χ4n) is 2.03. The smallest absolute Gasteiger partial charge is 0.122 e. The standard InChI is InChI=1S/C14H22O.CH2O/c1-6-7-8-13-11(4)9(2)10(3)12(5)14(13)15;1-2/h15H,6-8H2,1-5H3;1H2. The number of unbranched alkanes of at least 4 members (excludes halogenated alkanes) is 1. The van der Waals surface area contributed by atoms with E-state index in [1.165, 1.54) is 23.1 Å². The fraction of sp³-hybridized carbons (Fsp3) is 0.533. The molecule has 17 heavy (non-hydrogen) atoms. The van der Waals surface area contributed by atoms with Gasteiger partial charge in [0.2, 0.25) is 0 Å². The summed E-state index contributed by atoms with van der Waals surface area (Å²) in [6.45, 7) is 12.5. The lowest BCUT2D eigenvalue weighted by molar-refractivity contribution is -0.0979. The molecule has 1 aromatic carbocycles. The summed E-state index contributed by atoms with van der Waals surface area (Å²) in [5, 5.41) is 10.1. The second-order valence-electron chi connectivity index (χ2n) is 4.43. The van der Waals surface area contributed by atoms with Gasteiger partial charge in [0.1, 0.15) is 12.5 Å². The van der Waals surface area contributed by atoms with Gasteiger partial charge in [-0.2, -0.15) is 0 Å². The van der Waals surface area contributed by atoms with E-state index in [-0.39, 0.29) is 0 Å².